The van der Waals surface area contributed by atoms with Gasteiger partial charge in [0.05, 0.1) is 19.4 Å². The molecule has 0 saturated heterocycles. The lowest BCUT2D eigenvalue weighted by Gasteiger charge is -2.23. The Balaban J connectivity index is 2.82. The zero-order chi connectivity index (χ0) is 18.7. The van der Waals surface area contributed by atoms with Gasteiger partial charge in [0.1, 0.15) is 18.4 Å². The molecule has 25 heavy (non-hydrogen) atoms. The normalized spacial score (nSPS) is 15.3. The van der Waals surface area contributed by atoms with E-state index in [4.69, 9.17) is 19.5 Å². The van der Waals surface area contributed by atoms with Crippen LogP contribution in [-0.2, 0) is 14.1 Å². The minimum Gasteiger partial charge on any atom is -0.462 e. The molecule has 1 unspecified atom stereocenters. The second kappa shape index (κ2) is 11.1. The maximum Gasteiger partial charge on any atom is 0.323 e. The molecule has 0 aromatic heterocycles. The molecule has 0 aliphatic carbocycles. The van der Waals surface area contributed by atoms with Crippen LogP contribution in [0.1, 0.15) is 20.3 Å². The maximum atomic E-state index is 13.2. The molecule has 0 spiro atoms. The first kappa shape index (κ1) is 21.4. The van der Waals surface area contributed by atoms with E-state index >= 15 is 0 Å². The molecule has 2 atom stereocenters. The van der Waals surface area contributed by atoms with Crippen LogP contribution in [-0.4, -0.2) is 48.2 Å². The van der Waals surface area contributed by atoms with Gasteiger partial charge in [0.2, 0.25) is 0 Å². The van der Waals surface area contributed by atoms with Crippen molar-refractivity contribution < 1.29 is 28.8 Å². The first-order valence-electron chi connectivity index (χ1n) is 8.05. The number of hydrogen-bond acceptors (Lipinski definition) is 6. The van der Waals surface area contributed by atoms with Crippen molar-refractivity contribution in [1.29, 1.82) is 0 Å². The Hall–Kier alpha value is -1.66. The van der Waals surface area contributed by atoms with Crippen LogP contribution in [0.5, 0.6) is 5.75 Å². The zero-order valence-electron chi connectivity index (χ0n) is 14.6. The third kappa shape index (κ3) is 8.31. The number of allylic oxidation sites excluding steroid dienone is 1. The molecule has 1 aromatic carbocycles. The fourth-order valence-electron chi connectivity index (χ4n) is 1.95. The van der Waals surface area contributed by atoms with Gasteiger partial charge in [0, 0.05) is 0 Å². The molecule has 3 N–H and O–H groups in total. The van der Waals surface area contributed by atoms with Gasteiger partial charge in [-0.1, -0.05) is 29.8 Å². The quantitative estimate of drug-likeness (QED) is 0.311. The number of esters is 1. The van der Waals surface area contributed by atoms with Crippen LogP contribution in [0.25, 0.3) is 0 Å². The van der Waals surface area contributed by atoms with Crippen LogP contribution in [0, 0.1) is 0 Å². The summed E-state index contributed by atoms with van der Waals surface area (Å²) < 4.78 is 23.6. The maximum absolute atomic E-state index is 13.2. The van der Waals surface area contributed by atoms with Crippen molar-refractivity contribution in [1.82, 2.24) is 5.09 Å². The summed E-state index contributed by atoms with van der Waals surface area (Å²) in [5.41, 5.74) is 0.765. The van der Waals surface area contributed by atoms with Crippen LogP contribution in [0.3, 0.4) is 0 Å². The van der Waals surface area contributed by atoms with E-state index in [0.29, 0.717) is 12.2 Å². The second-order valence-electron chi connectivity index (χ2n) is 5.54. The number of aliphatic hydroxyl groups is 2. The van der Waals surface area contributed by atoms with Gasteiger partial charge in [-0.25, -0.2) is 5.09 Å². The summed E-state index contributed by atoms with van der Waals surface area (Å²) in [5.74, 6) is -0.190. The second-order valence-corrected chi connectivity index (χ2v) is 7.78. The molecule has 0 amide bonds. The van der Waals surface area contributed by atoms with Crippen LogP contribution in [0.15, 0.2) is 42.0 Å². The Morgan fingerprint density at radius 2 is 2.00 bits per heavy atom. The highest BCUT2D eigenvalue weighted by Gasteiger charge is 2.29. The SMILES string of the molecule is C/C(=C\CCP(=O)(N[C@@H](C)C(=O)OCCO)Oc1ccccc1)CO. The molecule has 140 valence electrons. The third-order valence-electron chi connectivity index (χ3n) is 3.24. The van der Waals surface area contributed by atoms with Gasteiger partial charge in [0.15, 0.2) is 0 Å². The van der Waals surface area contributed by atoms with Crippen LogP contribution < -0.4 is 9.61 Å². The highest BCUT2D eigenvalue weighted by molar-refractivity contribution is 7.57. The average Bonchev–Trinajstić information content (AvgIpc) is 2.59. The van der Waals surface area contributed by atoms with Gasteiger partial charge in [-0.3, -0.25) is 9.36 Å². The molecule has 0 aliphatic heterocycles. The summed E-state index contributed by atoms with van der Waals surface area (Å²) >= 11 is 0. The number of carbonyl (C=O) groups is 1. The number of nitrogens with one attached hydrogen (secondary N) is 1. The lowest BCUT2D eigenvalue weighted by molar-refractivity contribution is -0.146. The average molecular weight is 371 g/mol. The lowest BCUT2D eigenvalue weighted by Crippen LogP contribution is -2.35. The first-order chi connectivity index (χ1) is 11.9. The van der Waals surface area contributed by atoms with Crippen LogP contribution >= 0.6 is 7.52 Å². The Labute approximate surface area is 148 Å². The highest BCUT2D eigenvalue weighted by atomic mass is 31.2. The fourth-order valence-corrected chi connectivity index (χ4v) is 3.85. The minimum atomic E-state index is -3.39. The van der Waals surface area contributed by atoms with Gasteiger partial charge in [-0.15, -0.1) is 0 Å². The van der Waals surface area contributed by atoms with E-state index in [2.05, 4.69) is 5.09 Å². The smallest absolute Gasteiger partial charge is 0.323 e. The molecular weight excluding hydrogens is 345 g/mol. The largest absolute Gasteiger partial charge is 0.462 e. The molecule has 8 heteroatoms. The molecular formula is C17H26NO6P. The molecule has 7 nitrogen and oxygen atoms in total. The van der Waals surface area contributed by atoms with E-state index in [-0.39, 0.29) is 26.0 Å². The van der Waals surface area contributed by atoms with Gasteiger partial charge < -0.3 is 19.5 Å². The van der Waals surface area contributed by atoms with Crippen LogP contribution in [0.4, 0.5) is 0 Å². The monoisotopic (exact) mass is 371 g/mol. The molecule has 0 aliphatic rings. The van der Waals surface area contributed by atoms with Crippen molar-refractivity contribution in [3.63, 3.8) is 0 Å². The Morgan fingerprint density at radius 3 is 2.60 bits per heavy atom. The lowest BCUT2D eigenvalue weighted by atomic mass is 10.3. The van der Waals surface area contributed by atoms with E-state index in [9.17, 15) is 9.36 Å². The van der Waals surface area contributed by atoms with Crippen molar-refractivity contribution in [3.05, 3.63) is 42.0 Å². The number of aliphatic hydroxyl groups excluding tert-OH is 2. The number of hydrogen-bond donors (Lipinski definition) is 3. The standard InChI is InChI=1S/C17H26NO6P/c1-14(13-20)7-6-12-25(22,24-16-8-4-3-5-9-16)18-15(2)17(21)23-11-10-19/h3-5,7-9,15,19-20H,6,10-13H2,1-2H3,(H,18,22)/b14-7+/t15-,25?/m0/s1. The summed E-state index contributed by atoms with van der Waals surface area (Å²) in [6.45, 7) is 2.83. The molecule has 1 rings (SSSR count). The molecule has 0 saturated carbocycles. The van der Waals surface area contributed by atoms with Gasteiger partial charge in [0.25, 0.3) is 0 Å². The molecule has 1 aromatic rings. The predicted octanol–water partition coefficient (Wildman–Crippen LogP) is 2.10. The number of benzene rings is 1. The number of ether oxygens (including phenoxy) is 1. The van der Waals surface area contributed by atoms with Crippen molar-refractivity contribution in [2.24, 2.45) is 0 Å². The zero-order valence-corrected chi connectivity index (χ0v) is 15.4. The minimum absolute atomic E-state index is 0.0683. The molecule has 0 fully saturated rings. The van der Waals surface area contributed by atoms with Gasteiger partial charge in [-0.2, -0.15) is 0 Å². The summed E-state index contributed by atoms with van der Waals surface area (Å²) in [7, 11) is -3.39. The van der Waals surface area contributed by atoms with E-state index in [0.717, 1.165) is 5.57 Å². The first-order valence-corrected chi connectivity index (χ1v) is 9.86. The number of para-hydroxylation sites is 1. The van der Waals surface area contributed by atoms with Crippen molar-refractivity contribution in [2.45, 2.75) is 26.3 Å². The van der Waals surface area contributed by atoms with Crippen LogP contribution in [0.2, 0.25) is 0 Å². The highest BCUT2D eigenvalue weighted by Crippen LogP contribution is 2.44. The Kier molecular flexibility index (Phi) is 9.45. The molecule has 0 radical (unpaired) electrons. The topological polar surface area (TPSA) is 105 Å². The van der Waals surface area contributed by atoms with E-state index in [1.54, 1.807) is 37.3 Å². The fraction of sp³-hybridized carbons (Fsp3) is 0.471. The van der Waals surface area contributed by atoms with Crippen molar-refractivity contribution in [3.8, 4) is 5.75 Å². The van der Waals surface area contributed by atoms with Gasteiger partial charge in [-0.05, 0) is 32.4 Å². The summed E-state index contributed by atoms with van der Waals surface area (Å²) in [6.07, 6.45) is 2.34. The molecule has 0 bridgehead atoms. The summed E-state index contributed by atoms with van der Waals surface area (Å²) in [4.78, 5) is 11.8. The van der Waals surface area contributed by atoms with E-state index in [1.165, 1.54) is 6.92 Å². The Bertz CT molecular complexity index is 604. The summed E-state index contributed by atoms with van der Waals surface area (Å²) in [6, 6.07) is 7.83. The van der Waals surface area contributed by atoms with Gasteiger partial charge >= 0.3 is 13.5 Å². The van der Waals surface area contributed by atoms with Crippen molar-refractivity contribution >= 4 is 13.5 Å². The number of carbonyl (C=O) groups excluding carboxylic acids is 1. The number of rotatable bonds is 11. The third-order valence-corrected chi connectivity index (χ3v) is 5.37. The molecule has 0 heterocycles. The Morgan fingerprint density at radius 1 is 1.32 bits per heavy atom. The van der Waals surface area contributed by atoms with E-state index < -0.39 is 19.5 Å². The van der Waals surface area contributed by atoms with Crippen molar-refractivity contribution in [2.75, 3.05) is 26.0 Å². The summed E-state index contributed by atoms with van der Waals surface area (Å²) in [5, 5.41) is 20.5. The predicted molar refractivity (Wildman–Crippen MR) is 95.6 cm³/mol. The van der Waals surface area contributed by atoms with E-state index in [1.807, 2.05) is 6.07 Å².